The van der Waals surface area contributed by atoms with Gasteiger partial charge in [0.1, 0.15) is 0 Å². The van der Waals surface area contributed by atoms with Crippen LogP contribution in [0.15, 0.2) is 18.2 Å². The van der Waals surface area contributed by atoms with Crippen molar-refractivity contribution in [3.63, 3.8) is 0 Å². The van der Waals surface area contributed by atoms with Gasteiger partial charge in [-0.25, -0.2) is 0 Å². The number of halogens is 9. The van der Waals surface area contributed by atoms with Crippen LogP contribution in [-0.4, -0.2) is 18.0 Å². The zero-order chi connectivity index (χ0) is 16.9. The molecule has 1 rings (SSSR count). The van der Waals surface area contributed by atoms with Crippen LogP contribution in [0, 0.1) is 13.8 Å². The third-order valence-corrected chi connectivity index (χ3v) is 2.73. The minimum atomic E-state index is -6.87. The first-order chi connectivity index (χ1) is 9.14. The monoisotopic (exact) mass is 324 g/mol. The molecule has 0 fully saturated rings. The summed E-state index contributed by atoms with van der Waals surface area (Å²) >= 11 is 0. The average Bonchev–Trinajstić information content (AvgIpc) is 2.25. The molecule has 0 aliphatic rings. The van der Waals surface area contributed by atoms with E-state index in [4.69, 9.17) is 0 Å². The molecule has 0 bridgehead atoms. The molecule has 0 nitrogen and oxygen atoms in total. The molecule has 0 N–H and O–H groups in total. The predicted octanol–water partition coefficient (Wildman–Crippen LogP) is 5.23. The minimum absolute atomic E-state index is 0.0239. The van der Waals surface area contributed by atoms with Crippen LogP contribution < -0.4 is 0 Å². The maximum atomic E-state index is 13.6. The second-order valence-corrected chi connectivity index (χ2v) is 4.60. The first kappa shape index (κ1) is 17.6. The van der Waals surface area contributed by atoms with E-state index in [1.54, 1.807) is 0 Å². The predicted molar refractivity (Wildman–Crippen MR) is 55.8 cm³/mol. The highest BCUT2D eigenvalue weighted by molar-refractivity contribution is 5.33. The fraction of sp³-hybridized carbons (Fsp3) is 0.500. The Morgan fingerprint density at radius 1 is 0.619 bits per heavy atom. The molecule has 0 aliphatic heterocycles. The number of rotatable bonds is 3. The maximum Gasteiger partial charge on any atom is 0.460 e. The summed E-state index contributed by atoms with van der Waals surface area (Å²) in [5.41, 5.74) is -1.56. The minimum Gasteiger partial charge on any atom is -0.194 e. The van der Waals surface area contributed by atoms with Crippen LogP contribution in [0.3, 0.4) is 0 Å². The van der Waals surface area contributed by atoms with Crippen LogP contribution in [0.2, 0.25) is 0 Å². The molecular formula is C12H9F9. The van der Waals surface area contributed by atoms with Crippen molar-refractivity contribution in [1.82, 2.24) is 0 Å². The molecule has 0 atom stereocenters. The van der Waals surface area contributed by atoms with Crippen molar-refractivity contribution < 1.29 is 39.5 Å². The molecule has 0 unspecified atom stereocenters. The molecule has 0 spiro atoms. The van der Waals surface area contributed by atoms with Crippen LogP contribution >= 0.6 is 0 Å². The lowest BCUT2D eigenvalue weighted by Gasteiger charge is -2.34. The Bertz CT molecular complexity index is 508. The van der Waals surface area contributed by atoms with Gasteiger partial charge in [-0.05, 0) is 26.0 Å². The van der Waals surface area contributed by atoms with Crippen LogP contribution in [-0.2, 0) is 5.92 Å². The van der Waals surface area contributed by atoms with E-state index in [0.29, 0.717) is 12.1 Å². The second-order valence-electron chi connectivity index (χ2n) is 4.60. The molecule has 9 heteroatoms. The van der Waals surface area contributed by atoms with Gasteiger partial charge in [-0.2, -0.15) is 39.5 Å². The van der Waals surface area contributed by atoms with E-state index in [9.17, 15) is 39.5 Å². The van der Waals surface area contributed by atoms with E-state index < -0.39 is 29.5 Å². The van der Waals surface area contributed by atoms with Crippen molar-refractivity contribution in [2.24, 2.45) is 0 Å². The molecule has 21 heavy (non-hydrogen) atoms. The number of alkyl halides is 9. The molecule has 120 valence electrons. The van der Waals surface area contributed by atoms with Gasteiger partial charge >= 0.3 is 23.9 Å². The fourth-order valence-corrected chi connectivity index (χ4v) is 1.71. The SMILES string of the molecule is Cc1cc(C)cc(C(F)(F)C(F)(F)C(F)(F)C(F)(F)F)c1. The normalized spacial score (nSPS) is 14.4. The molecule has 0 radical (unpaired) electrons. The summed E-state index contributed by atoms with van der Waals surface area (Å²) in [4.78, 5) is 0. The van der Waals surface area contributed by atoms with E-state index >= 15 is 0 Å². The van der Waals surface area contributed by atoms with Gasteiger partial charge in [-0.15, -0.1) is 0 Å². The van der Waals surface area contributed by atoms with Gasteiger partial charge in [0, 0.05) is 5.56 Å². The Kier molecular flexibility index (Phi) is 4.04. The van der Waals surface area contributed by atoms with Crippen molar-refractivity contribution >= 4 is 0 Å². The smallest absolute Gasteiger partial charge is 0.194 e. The van der Waals surface area contributed by atoms with Gasteiger partial charge in [0.2, 0.25) is 0 Å². The van der Waals surface area contributed by atoms with E-state index in [0.717, 1.165) is 0 Å². The summed E-state index contributed by atoms with van der Waals surface area (Å²) in [5.74, 6) is -19.2. The number of benzene rings is 1. The third-order valence-electron chi connectivity index (χ3n) is 2.73. The standard InChI is InChI=1S/C12H9F9/c1-6-3-7(2)5-8(4-6)9(13,14)10(15,16)11(17,18)12(19,20)21/h3-5H,1-2H3. The van der Waals surface area contributed by atoms with Crippen molar-refractivity contribution in [2.75, 3.05) is 0 Å². The molecule has 0 heterocycles. The van der Waals surface area contributed by atoms with E-state index in [-0.39, 0.29) is 11.1 Å². The Balaban J connectivity index is 3.46. The third kappa shape index (κ3) is 2.69. The number of aryl methyl sites for hydroxylation is 2. The zero-order valence-electron chi connectivity index (χ0n) is 10.6. The first-order valence-corrected chi connectivity index (χ1v) is 5.43. The summed E-state index contributed by atoms with van der Waals surface area (Å²) in [5, 5.41) is 0. The largest absolute Gasteiger partial charge is 0.460 e. The Hall–Kier alpha value is -1.41. The topological polar surface area (TPSA) is 0 Å². The van der Waals surface area contributed by atoms with Crippen LogP contribution in [0.25, 0.3) is 0 Å². The first-order valence-electron chi connectivity index (χ1n) is 5.43. The van der Waals surface area contributed by atoms with E-state index in [2.05, 4.69) is 0 Å². The molecule has 0 saturated carbocycles. The fourth-order valence-electron chi connectivity index (χ4n) is 1.71. The van der Waals surface area contributed by atoms with Crippen molar-refractivity contribution in [1.29, 1.82) is 0 Å². The van der Waals surface area contributed by atoms with Crippen LogP contribution in [0.5, 0.6) is 0 Å². The lowest BCUT2D eigenvalue weighted by molar-refractivity contribution is -0.399. The summed E-state index contributed by atoms with van der Waals surface area (Å²) in [6.07, 6.45) is -6.81. The van der Waals surface area contributed by atoms with Crippen molar-refractivity contribution in [2.45, 2.75) is 37.8 Å². The molecule has 0 aliphatic carbocycles. The highest BCUT2D eigenvalue weighted by Crippen LogP contribution is 2.56. The Labute approximate surface area is 113 Å². The summed E-state index contributed by atoms with van der Waals surface area (Å²) < 4.78 is 115. The zero-order valence-corrected chi connectivity index (χ0v) is 10.6. The van der Waals surface area contributed by atoms with Crippen molar-refractivity contribution in [3.05, 3.63) is 34.9 Å². The lowest BCUT2D eigenvalue weighted by atomic mass is 9.94. The van der Waals surface area contributed by atoms with Gasteiger partial charge in [0.25, 0.3) is 0 Å². The van der Waals surface area contributed by atoms with Gasteiger partial charge < -0.3 is 0 Å². The highest BCUT2D eigenvalue weighted by atomic mass is 19.4. The van der Waals surface area contributed by atoms with E-state index in [1.165, 1.54) is 19.9 Å². The molecule has 0 saturated heterocycles. The van der Waals surface area contributed by atoms with Crippen LogP contribution in [0.4, 0.5) is 39.5 Å². The molecule has 1 aromatic carbocycles. The Morgan fingerprint density at radius 3 is 1.33 bits per heavy atom. The molecule has 1 aromatic rings. The molecular weight excluding hydrogens is 315 g/mol. The quantitative estimate of drug-likeness (QED) is 0.668. The number of hydrogen-bond donors (Lipinski definition) is 0. The second kappa shape index (κ2) is 4.81. The average molecular weight is 324 g/mol. The molecule has 0 amide bonds. The van der Waals surface area contributed by atoms with Gasteiger partial charge in [0.15, 0.2) is 0 Å². The maximum absolute atomic E-state index is 13.6. The van der Waals surface area contributed by atoms with Gasteiger partial charge in [0.05, 0.1) is 0 Å². The summed E-state index contributed by atoms with van der Waals surface area (Å²) in [7, 11) is 0. The number of hydrogen-bond acceptors (Lipinski definition) is 0. The van der Waals surface area contributed by atoms with Crippen LogP contribution in [0.1, 0.15) is 16.7 Å². The van der Waals surface area contributed by atoms with Gasteiger partial charge in [-0.3, -0.25) is 0 Å². The molecule has 0 aromatic heterocycles. The highest BCUT2D eigenvalue weighted by Gasteiger charge is 2.82. The van der Waals surface area contributed by atoms with Gasteiger partial charge in [-0.1, -0.05) is 17.2 Å². The Morgan fingerprint density at radius 2 is 1.00 bits per heavy atom. The van der Waals surface area contributed by atoms with Crippen molar-refractivity contribution in [3.8, 4) is 0 Å². The lowest BCUT2D eigenvalue weighted by Crippen LogP contribution is -2.59. The summed E-state index contributed by atoms with van der Waals surface area (Å²) in [6, 6.07) is 2.15. The van der Waals surface area contributed by atoms with E-state index in [1.807, 2.05) is 0 Å². The summed E-state index contributed by atoms with van der Waals surface area (Å²) in [6.45, 7) is 2.43.